The molecule has 4 nitrogen and oxygen atoms in total. The Kier molecular flexibility index (Phi) is 5.45. The van der Waals surface area contributed by atoms with Crippen LogP contribution in [0.2, 0.25) is 0 Å². The fourth-order valence-corrected chi connectivity index (χ4v) is 3.17. The quantitative estimate of drug-likeness (QED) is 0.826. The van der Waals surface area contributed by atoms with Crippen molar-refractivity contribution in [2.75, 3.05) is 12.8 Å². The van der Waals surface area contributed by atoms with E-state index in [9.17, 15) is 4.79 Å². The van der Waals surface area contributed by atoms with Crippen molar-refractivity contribution in [3.63, 3.8) is 0 Å². The van der Waals surface area contributed by atoms with Gasteiger partial charge < -0.3 is 11.1 Å². The number of amides is 1. The molecule has 0 saturated heterocycles. The van der Waals surface area contributed by atoms with Gasteiger partial charge >= 0.3 is 0 Å². The Morgan fingerprint density at radius 3 is 3.15 bits per heavy atom. The Bertz CT molecular complexity index is 535. The van der Waals surface area contributed by atoms with Crippen molar-refractivity contribution in [1.82, 2.24) is 10.3 Å². The maximum absolute atomic E-state index is 12.3. The molecule has 0 radical (unpaired) electrons. The summed E-state index contributed by atoms with van der Waals surface area (Å²) in [5.74, 6) is 5.52. The molecule has 1 aliphatic rings. The summed E-state index contributed by atoms with van der Waals surface area (Å²) in [5.41, 5.74) is 6.39. The largest absolute Gasteiger partial charge is 0.348 e. The Labute approximate surface area is 123 Å². The first-order chi connectivity index (χ1) is 9.74. The average Bonchev–Trinajstić information content (AvgIpc) is 2.93. The summed E-state index contributed by atoms with van der Waals surface area (Å²) in [6, 6.07) is 3.82. The van der Waals surface area contributed by atoms with E-state index in [1.807, 2.05) is 11.8 Å². The summed E-state index contributed by atoms with van der Waals surface area (Å²) in [4.78, 5) is 16.5. The van der Waals surface area contributed by atoms with Crippen molar-refractivity contribution in [1.29, 1.82) is 0 Å². The number of rotatable bonds is 3. The lowest BCUT2D eigenvalue weighted by Crippen LogP contribution is -2.34. The predicted molar refractivity (Wildman–Crippen MR) is 82.6 cm³/mol. The van der Waals surface area contributed by atoms with Crippen LogP contribution < -0.4 is 11.1 Å². The fourth-order valence-electron chi connectivity index (χ4n) is 2.37. The number of nitrogens with zero attached hydrogens (tertiary/aromatic N) is 1. The molecule has 1 aromatic rings. The van der Waals surface area contributed by atoms with Crippen LogP contribution >= 0.6 is 11.8 Å². The van der Waals surface area contributed by atoms with E-state index in [0.29, 0.717) is 16.5 Å². The van der Waals surface area contributed by atoms with Gasteiger partial charge in [-0.05, 0) is 37.7 Å². The number of nitrogens with two attached hydrogens (primary N) is 1. The minimum absolute atomic E-state index is 0.140. The molecule has 106 valence electrons. The molecule has 0 aliphatic heterocycles. The number of carbonyl (C=O) groups is 1. The van der Waals surface area contributed by atoms with Crippen LogP contribution in [-0.2, 0) is 0 Å². The summed E-state index contributed by atoms with van der Waals surface area (Å²) >= 11 is 1.87. The van der Waals surface area contributed by atoms with Gasteiger partial charge in [-0.2, -0.15) is 11.8 Å². The highest BCUT2D eigenvalue weighted by Gasteiger charge is 2.26. The lowest BCUT2D eigenvalue weighted by molar-refractivity contribution is 0.0932. The zero-order chi connectivity index (χ0) is 14.4. The molecule has 1 saturated carbocycles. The van der Waals surface area contributed by atoms with Crippen molar-refractivity contribution in [2.24, 2.45) is 5.73 Å². The van der Waals surface area contributed by atoms with Crippen LogP contribution in [0, 0.1) is 11.8 Å². The summed E-state index contributed by atoms with van der Waals surface area (Å²) in [5, 5.41) is 3.72. The van der Waals surface area contributed by atoms with Gasteiger partial charge in [0.2, 0.25) is 0 Å². The molecule has 3 N–H and O–H groups in total. The molecule has 2 unspecified atom stereocenters. The van der Waals surface area contributed by atoms with Gasteiger partial charge in [-0.1, -0.05) is 11.8 Å². The van der Waals surface area contributed by atoms with E-state index in [1.54, 1.807) is 18.3 Å². The normalized spacial score (nSPS) is 21.1. The molecule has 1 heterocycles. The second kappa shape index (κ2) is 7.32. The molecular formula is C15H19N3OS. The number of carbonyl (C=O) groups excluding carboxylic acids is 1. The van der Waals surface area contributed by atoms with E-state index < -0.39 is 0 Å². The minimum Gasteiger partial charge on any atom is -0.348 e. The summed E-state index contributed by atoms with van der Waals surface area (Å²) in [6.45, 7) is 0.272. The van der Waals surface area contributed by atoms with Crippen molar-refractivity contribution in [3.8, 4) is 11.8 Å². The molecule has 0 bridgehead atoms. The van der Waals surface area contributed by atoms with Gasteiger partial charge in [0.05, 0.1) is 12.1 Å². The van der Waals surface area contributed by atoms with Gasteiger partial charge in [0.25, 0.3) is 5.91 Å². The third-order valence-corrected chi connectivity index (χ3v) is 4.50. The van der Waals surface area contributed by atoms with Gasteiger partial charge in [-0.25, -0.2) is 4.98 Å². The Morgan fingerprint density at radius 1 is 1.60 bits per heavy atom. The molecule has 5 heteroatoms. The summed E-state index contributed by atoms with van der Waals surface area (Å²) in [6.07, 6.45) is 6.96. The molecule has 2 atom stereocenters. The standard InChI is InChI=1S/C15H19N3OS/c1-20-13-7-6-12(10-13)18-15(19)14-11(4-2-8-16)5-3-9-17-14/h3,5,9,12-13H,6-8,10,16H2,1H3,(H,18,19). The second-order valence-corrected chi connectivity index (χ2v) is 5.88. The molecule has 2 rings (SSSR count). The Morgan fingerprint density at radius 2 is 2.45 bits per heavy atom. The van der Waals surface area contributed by atoms with E-state index in [-0.39, 0.29) is 18.5 Å². The highest BCUT2D eigenvalue weighted by atomic mass is 32.2. The number of pyridine rings is 1. The highest BCUT2D eigenvalue weighted by Crippen LogP contribution is 2.28. The van der Waals surface area contributed by atoms with Gasteiger partial charge in [-0.15, -0.1) is 0 Å². The van der Waals surface area contributed by atoms with Gasteiger partial charge in [0.1, 0.15) is 5.69 Å². The second-order valence-electron chi connectivity index (χ2n) is 4.75. The first-order valence-electron chi connectivity index (χ1n) is 6.72. The predicted octanol–water partition coefficient (Wildman–Crippen LogP) is 1.41. The van der Waals surface area contributed by atoms with Crippen LogP contribution in [0.25, 0.3) is 0 Å². The number of hydrogen-bond acceptors (Lipinski definition) is 4. The van der Waals surface area contributed by atoms with Crippen molar-refractivity contribution in [2.45, 2.75) is 30.6 Å². The molecule has 0 aromatic carbocycles. The van der Waals surface area contributed by atoms with E-state index in [1.165, 1.54) is 0 Å². The zero-order valence-corrected chi connectivity index (χ0v) is 12.4. The molecule has 1 aliphatic carbocycles. The van der Waals surface area contributed by atoms with E-state index >= 15 is 0 Å². The van der Waals surface area contributed by atoms with Crippen molar-refractivity contribution >= 4 is 17.7 Å². The van der Waals surface area contributed by atoms with Crippen LogP contribution in [0.5, 0.6) is 0 Å². The molecule has 1 amide bonds. The number of hydrogen-bond donors (Lipinski definition) is 2. The van der Waals surface area contributed by atoms with Crippen molar-refractivity contribution in [3.05, 3.63) is 29.6 Å². The van der Waals surface area contributed by atoms with Gasteiger partial charge in [0.15, 0.2) is 0 Å². The lowest BCUT2D eigenvalue weighted by Gasteiger charge is -2.13. The van der Waals surface area contributed by atoms with Crippen LogP contribution in [0.4, 0.5) is 0 Å². The summed E-state index contributed by atoms with van der Waals surface area (Å²) < 4.78 is 0. The molecular weight excluding hydrogens is 270 g/mol. The first kappa shape index (κ1) is 14.9. The maximum atomic E-state index is 12.3. The third kappa shape index (κ3) is 3.75. The topological polar surface area (TPSA) is 68.0 Å². The average molecular weight is 289 g/mol. The molecule has 1 aromatic heterocycles. The number of nitrogens with one attached hydrogen (secondary N) is 1. The van der Waals surface area contributed by atoms with Gasteiger partial charge in [0, 0.05) is 17.5 Å². The van der Waals surface area contributed by atoms with E-state index in [2.05, 4.69) is 28.4 Å². The first-order valence-corrected chi connectivity index (χ1v) is 8.01. The summed E-state index contributed by atoms with van der Waals surface area (Å²) in [7, 11) is 0. The SMILES string of the molecule is CSC1CCC(NC(=O)c2ncccc2C#CCN)C1. The monoisotopic (exact) mass is 289 g/mol. The zero-order valence-electron chi connectivity index (χ0n) is 11.6. The molecule has 20 heavy (non-hydrogen) atoms. The number of thioether (sulfide) groups is 1. The van der Waals surface area contributed by atoms with Crippen LogP contribution in [0.1, 0.15) is 35.3 Å². The van der Waals surface area contributed by atoms with Crippen LogP contribution in [-0.4, -0.2) is 35.0 Å². The Hall–Kier alpha value is -1.51. The molecule has 0 spiro atoms. The van der Waals surface area contributed by atoms with Crippen LogP contribution in [0.3, 0.4) is 0 Å². The van der Waals surface area contributed by atoms with Crippen molar-refractivity contribution < 1.29 is 4.79 Å². The minimum atomic E-state index is -0.140. The van der Waals surface area contributed by atoms with E-state index in [4.69, 9.17) is 5.73 Å². The van der Waals surface area contributed by atoms with E-state index in [0.717, 1.165) is 19.3 Å². The number of aromatic nitrogens is 1. The van der Waals surface area contributed by atoms with Crippen LogP contribution in [0.15, 0.2) is 18.3 Å². The smallest absolute Gasteiger partial charge is 0.271 e. The Balaban J connectivity index is 2.06. The molecule has 1 fully saturated rings. The third-order valence-electron chi connectivity index (χ3n) is 3.40. The van der Waals surface area contributed by atoms with Gasteiger partial charge in [-0.3, -0.25) is 4.79 Å². The maximum Gasteiger partial charge on any atom is 0.271 e. The lowest BCUT2D eigenvalue weighted by atomic mass is 10.1. The fraction of sp³-hybridized carbons (Fsp3) is 0.467. The highest BCUT2D eigenvalue weighted by molar-refractivity contribution is 7.99.